The highest BCUT2D eigenvalue weighted by atomic mass is 79.9. The van der Waals surface area contributed by atoms with Gasteiger partial charge in [-0.15, -0.1) is 10.2 Å². The smallest absolute Gasteiger partial charge is 0.358 e. The van der Waals surface area contributed by atoms with Gasteiger partial charge in [0.05, 0.1) is 17.3 Å². The summed E-state index contributed by atoms with van der Waals surface area (Å²) in [5.74, 6) is -1.09. The first-order valence-corrected chi connectivity index (χ1v) is 7.36. The minimum Gasteiger partial charge on any atom is -0.476 e. The van der Waals surface area contributed by atoms with E-state index in [9.17, 15) is 9.90 Å². The summed E-state index contributed by atoms with van der Waals surface area (Å²) in [6, 6.07) is 5.71. The van der Waals surface area contributed by atoms with Gasteiger partial charge in [0.1, 0.15) is 0 Å². The van der Waals surface area contributed by atoms with Crippen molar-refractivity contribution in [2.75, 3.05) is 12.4 Å². The number of anilines is 1. The van der Waals surface area contributed by atoms with E-state index in [1.807, 2.05) is 18.2 Å². The van der Waals surface area contributed by atoms with E-state index < -0.39 is 5.97 Å². The van der Waals surface area contributed by atoms with Gasteiger partial charge >= 0.3 is 5.97 Å². The van der Waals surface area contributed by atoms with Crippen molar-refractivity contribution < 1.29 is 14.6 Å². The number of aromatic nitrogens is 2. The van der Waals surface area contributed by atoms with Crippen molar-refractivity contribution in [3.05, 3.63) is 28.4 Å². The van der Waals surface area contributed by atoms with Gasteiger partial charge in [-0.2, -0.15) is 0 Å². The number of benzene rings is 1. The van der Waals surface area contributed by atoms with Gasteiger partial charge in [0.25, 0.3) is 0 Å². The van der Waals surface area contributed by atoms with Crippen molar-refractivity contribution in [3.8, 4) is 0 Å². The van der Waals surface area contributed by atoms with Crippen LogP contribution in [0.25, 0.3) is 10.9 Å². The van der Waals surface area contributed by atoms with E-state index in [0.717, 1.165) is 22.7 Å². The summed E-state index contributed by atoms with van der Waals surface area (Å²) in [6.45, 7) is 0. The molecular formula is C14H14BrN3O3. The van der Waals surface area contributed by atoms with Crippen LogP contribution in [-0.4, -0.2) is 40.5 Å². The van der Waals surface area contributed by atoms with Gasteiger partial charge in [-0.05, 0) is 31.0 Å². The molecule has 0 saturated heterocycles. The Hall–Kier alpha value is -1.73. The minimum atomic E-state index is -1.09. The Labute approximate surface area is 129 Å². The van der Waals surface area contributed by atoms with Crippen molar-refractivity contribution in [3.63, 3.8) is 0 Å². The normalized spacial score (nSPS) is 21.0. The molecule has 110 valence electrons. The van der Waals surface area contributed by atoms with Crippen molar-refractivity contribution in [1.29, 1.82) is 0 Å². The highest BCUT2D eigenvalue weighted by Gasteiger charge is 2.30. The zero-order valence-corrected chi connectivity index (χ0v) is 12.9. The number of nitrogens with one attached hydrogen (secondary N) is 1. The Balaban J connectivity index is 2.02. The van der Waals surface area contributed by atoms with Gasteiger partial charge in [-0.25, -0.2) is 4.79 Å². The summed E-state index contributed by atoms with van der Waals surface area (Å²) >= 11 is 3.40. The topological polar surface area (TPSA) is 84.3 Å². The third kappa shape index (κ3) is 2.71. The largest absolute Gasteiger partial charge is 0.476 e. The van der Waals surface area contributed by atoms with Crippen molar-refractivity contribution in [1.82, 2.24) is 10.2 Å². The van der Waals surface area contributed by atoms with E-state index in [0.29, 0.717) is 11.2 Å². The highest BCUT2D eigenvalue weighted by Crippen LogP contribution is 2.32. The summed E-state index contributed by atoms with van der Waals surface area (Å²) < 4.78 is 6.11. The molecule has 2 N–H and O–H groups in total. The number of hydrogen-bond donors (Lipinski definition) is 2. The quantitative estimate of drug-likeness (QED) is 0.880. The number of aromatic carboxylic acids is 1. The highest BCUT2D eigenvalue weighted by molar-refractivity contribution is 9.10. The number of halogens is 1. The molecular weight excluding hydrogens is 338 g/mol. The molecule has 1 aliphatic carbocycles. The fraction of sp³-hybridized carbons (Fsp3) is 0.357. The van der Waals surface area contributed by atoms with Crippen molar-refractivity contribution in [2.45, 2.75) is 25.0 Å². The predicted octanol–water partition coefficient (Wildman–Crippen LogP) is 2.68. The number of nitrogens with zero attached hydrogens (tertiary/aromatic N) is 2. The molecule has 2 aromatic rings. The maximum atomic E-state index is 11.4. The molecule has 21 heavy (non-hydrogen) atoms. The average molecular weight is 352 g/mol. The predicted molar refractivity (Wildman–Crippen MR) is 81.6 cm³/mol. The Bertz CT molecular complexity index is 701. The van der Waals surface area contributed by atoms with Crippen molar-refractivity contribution >= 4 is 38.5 Å². The van der Waals surface area contributed by atoms with E-state index in [-0.39, 0.29) is 17.8 Å². The fourth-order valence-corrected chi connectivity index (χ4v) is 2.81. The molecule has 0 atom stereocenters. The number of fused-ring (bicyclic) bond motifs is 1. The first kappa shape index (κ1) is 14.2. The molecule has 1 saturated carbocycles. The Morgan fingerprint density at radius 1 is 1.43 bits per heavy atom. The summed E-state index contributed by atoms with van der Waals surface area (Å²) in [6.07, 6.45) is 1.95. The van der Waals surface area contributed by atoms with E-state index in [4.69, 9.17) is 4.74 Å². The van der Waals surface area contributed by atoms with Crippen LogP contribution in [0.1, 0.15) is 23.3 Å². The zero-order chi connectivity index (χ0) is 15.0. The molecule has 0 aliphatic heterocycles. The van der Waals surface area contributed by atoms with Gasteiger partial charge in [0.15, 0.2) is 5.69 Å². The summed E-state index contributed by atoms with van der Waals surface area (Å²) in [5, 5.41) is 21.1. The second kappa shape index (κ2) is 5.57. The second-order valence-corrected chi connectivity index (χ2v) is 5.98. The zero-order valence-electron chi connectivity index (χ0n) is 11.3. The molecule has 1 aromatic heterocycles. The standard InChI is InChI=1S/C14H14BrN3O3/c1-21-9-5-8(6-9)16-12-10-4-7(15)2-3-11(10)17-18-13(12)14(19)20/h2-4,8-9H,5-6H2,1H3,(H,16,17)(H,19,20). The monoisotopic (exact) mass is 351 g/mol. The van der Waals surface area contributed by atoms with Gasteiger partial charge in [0.2, 0.25) is 0 Å². The molecule has 1 heterocycles. The summed E-state index contributed by atoms with van der Waals surface area (Å²) in [5.41, 5.74) is 1.13. The Kier molecular flexibility index (Phi) is 3.77. The fourth-order valence-electron chi connectivity index (χ4n) is 2.45. The lowest BCUT2D eigenvalue weighted by Gasteiger charge is -2.35. The first-order valence-electron chi connectivity index (χ1n) is 6.57. The van der Waals surface area contributed by atoms with E-state index >= 15 is 0 Å². The number of carboxylic acid groups (broad SMARTS) is 1. The molecule has 0 bridgehead atoms. The van der Waals surface area contributed by atoms with Crippen LogP contribution in [0.3, 0.4) is 0 Å². The molecule has 1 aliphatic rings. The maximum Gasteiger partial charge on any atom is 0.358 e. The number of rotatable bonds is 4. The number of carbonyl (C=O) groups is 1. The number of methoxy groups -OCH3 is 1. The van der Waals surface area contributed by atoms with E-state index in [1.165, 1.54) is 0 Å². The van der Waals surface area contributed by atoms with Crippen LogP contribution in [0.2, 0.25) is 0 Å². The van der Waals surface area contributed by atoms with Crippen LogP contribution in [0, 0.1) is 0 Å². The van der Waals surface area contributed by atoms with Gasteiger partial charge < -0.3 is 15.2 Å². The summed E-state index contributed by atoms with van der Waals surface area (Å²) in [4.78, 5) is 11.4. The van der Waals surface area contributed by atoms with E-state index in [2.05, 4.69) is 31.4 Å². The van der Waals surface area contributed by atoms with Crippen LogP contribution in [0.5, 0.6) is 0 Å². The molecule has 3 rings (SSSR count). The number of hydrogen-bond acceptors (Lipinski definition) is 5. The molecule has 6 nitrogen and oxygen atoms in total. The van der Waals surface area contributed by atoms with Crippen LogP contribution in [-0.2, 0) is 4.74 Å². The molecule has 0 radical (unpaired) electrons. The van der Waals surface area contributed by atoms with Crippen LogP contribution in [0.15, 0.2) is 22.7 Å². The first-order chi connectivity index (χ1) is 10.1. The number of ether oxygens (including phenoxy) is 1. The molecule has 0 amide bonds. The van der Waals surface area contributed by atoms with E-state index in [1.54, 1.807) is 7.11 Å². The minimum absolute atomic E-state index is 0.0542. The molecule has 0 unspecified atom stereocenters. The molecule has 7 heteroatoms. The second-order valence-electron chi connectivity index (χ2n) is 5.06. The van der Waals surface area contributed by atoms with Gasteiger partial charge in [0, 0.05) is 23.0 Å². The average Bonchev–Trinajstić information content (AvgIpc) is 2.41. The van der Waals surface area contributed by atoms with Crippen LogP contribution >= 0.6 is 15.9 Å². The molecule has 0 spiro atoms. The molecule has 1 aromatic carbocycles. The van der Waals surface area contributed by atoms with Crippen molar-refractivity contribution in [2.24, 2.45) is 0 Å². The van der Waals surface area contributed by atoms with Crippen LogP contribution < -0.4 is 5.32 Å². The Morgan fingerprint density at radius 3 is 2.86 bits per heavy atom. The van der Waals surface area contributed by atoms with Gasteiger partial charge in [-0.3, -0.25) is 0 Å². The van der Waals surface area contributed by atoms with Gasteiger partial charge in [-0.1, -0.05) is 15.9 Å². The lowest BCUT2D eigenvalue weighted by atomic mass is 9.89. The lowest BCUT2D eigenvalue weighted by molar-refractivity contribution is 0.0328. The number of carboxylic acids is 1. The lowest BCUT2D eigenvalue weighted by Crippen LogP contribution is -2.40. The third-order valence-corrected chi connectivity index (χ3v) is 4.19. The SMILES string of the molecule is COC1CC(Nc2c(C(=O)O)nnc3ccc(Br)cc23)C1. The maximum absolute atomic E-state index is 11.4. The Morgan fingerprint density at radius 2 is 2.19 bits per heavy atom. The van der Waals surface area contributed by atoms with Crippen LogP contribution in [0.4, 0.5) is 5.69 Å². The summed E-state index contributed by atoms with van der Waals surface area (Å²) in [7, 11) is 1.68. The molecule has 1 fully saturated rings. The third-order valence-electron chi connectivity index (χ3n) is 3.70.